The molecule has 0 spiro atoms. The Hall–Kier alpha value is -4.54. The van der Waals surface area contributed by atoms with Gasteiger partial charge in [0.1, 0.15) is 11.4 Å². The fourth-order valence-corrected chi connectivity index (χ4v) is 6.57. The van der Waals surface area contributed by atoms with Crippen LogP contribution in [0.15, 0.2) is 103 Å². The van der Waals surface area contributed by atoms with Gasteiger partial charge in [-0.05, 0) is 52.6 Å². The molecule has 0 aromatic heterocycles. The van der Waals surface area contributed by atoms with Gasteiger partial charge in [0.05, 0.1) is 14.2 Å². The van der Waals surface area contributed by atoms with E-state index in [4.69, 9.17) is 14.2 Å². The Balaban J connectivity index is 1.63. The first-order valence-electron chi connectivity index (χ1n) is 13.6. The van der Waals surface area contributed by atoms with E-state index < -0.39 is 11.2 Å². The number of rotatable bonds is 5. The molecule has 1 aliphatic heterocycles. The number of methoxy groups -OCH3 is 2. The molecular formula is C36H30O4. The quantitative estimate of drug-likeness (QED) is 0.254. The van der Waals surface area contributed by atoms with Crippen LogP contribution in [0.5, 0.6) is 17.2 Å². The van der Waals surface area contributed by atoms with Crippen molar-refractivity contribution in [2.24, 2.45) is 0 Å². The number of ether oxygens (including phenoxy) is 3. The minimum atomic E-state index is -1.22. The molecule has 4 heteroatoms. The summed E-state index contributed by atoms with van der Waals surface area (Å²) in [6.07, 6.45) is 4.78. The van der Waals surface area contributed by atoms with Crippen LogP contribution in [-0.4, -0.2) is 19.3 Å². The van der Waals surface area contributed by atoms with Crippen LogP contribution in [0, 0.1) is 0 Å². The van der Waals surface area contributed by atoms with Gasteiger partial charge in [0, 0.05) is 27.8 Å². The Morgan fingerprint density at radius 1 is 0.750 bits per heavy atom. The largest absolute Gasteiger partial charge is 0.493 e. The molecule has 5 aromatic rings. The van der Waals surface area contributed by atoms with E-state index in [1.165, 1.54) is 0 Å². The highest BCUT2D eigenvalue weighted by molar-refractivity contribution is 6.09. The Morgan fingerprint density at radius 3 is 1.93 bits per heavy atom. The van der Waals surface area contributed by atoms with Crippen molar-refractivity contribution in [1.29, 1.82) is 0 Å². The number of benzene rings is 5. The van der Waals surface area contributed by atoms with E-state index in [0.29, 0.717) is 23.7 Å². The molecule has 5 aromatic carbocycles. The van der Waals surface area contributed by atoms with Crippen molar-refractivity contribution in [1.82, 2.24) is 0 Å². The summed E-state index contributed by atoms with van der Waals surface area (Å²) in [5, 5.41) is 14.5. The van der Waals surface area contributed by atoms with Gasteiger partial charge in [-0.3, -0.25) is 0 Å². The average molecular weight is 527 g/mol. The van der Waals surface area contributed by atoms with Crippen LogP contribution in [0.3, 0.4) is 0 Å². The van der Waals surface area contributed by atoms with Crippen molar-refractivity contribution in [2.45, 2.75) is 24.5 Å². The lowest BCUT2D eigenvalue weighted by Gasteiger charge is -2.39. The van der Waals surface area contributed by atoms with E-state index in [1.807, 2.05) is 73.7 Å². The Labute approximate surface area is 234 Å². The predicted octanol–water partition coefficient (Wildman–Crippen LogP) is 7.83. The summed E-state index contributed by atoms with van der Waals surface area (Å²) in [4.78, 5) is 0. The van der Waals surface area contributed by atoms with Gasteiger partial charge in [-0.15, -0.1) is 0 Å². The van der Waals surface area contributed by atoms with E-state index >= 15 is 0 Å². The van der Waals surface area contributed by atoms with Crippen molar-refractivity contribution in [3.63, 3.8) is 0 Å². The minimum Gasteiger partial charge on any atom is -0.493 e. The predicted molar refractivity (Wildman–Crippen MR) is 159 cm³/mol. The molecule has 1 unspecified atom stereocenters. The molecule has 40 heavy (non-hydrogen) atoms. The molecule has 7 rings (SSSR count). The zero-order chi connectivity index (χ0) is 27.5. The number of aliphatic hydroxyl groups is 1. The Bertz CT molecular complexity index is 1750. The highest BCUT2D eigenvalue weighted by atomic mass is 16.5. The summed E-state index contributed by atoms with van der Waals surface area (Å²) in [5.41, 5.74) is 4.51. The molecule has 2 aliphatic rings. The molecule has 0 radical (unpaired) electrons. The molecule has 0 saturated heterocycles. The van der Waals surface area contributed by atoms with Crippen LogP contribution in [0.25, 0.3) is 28.0 Å². The zero-order valence-corrected chi connectivity index (χ0v) is 22.8. The molecule has 4 nitrogen and oxygen atoms in total. The summed E-state index contributed by atoms with van der Waals surface area (Å²) in [7, 11) is 3.30. The summed E-state index contributed by atoms with van der Waals surface area (Å²) in [5.74, 6) is 1.97. The van der Waals surface area contributed by atoms with Gasteiger partial charge in [-0.2, -0.15) is 0 Å². The number of hydrogen-bond acceptors (Lipinski definition) is 4. The van der Waals surface area contributed by atoms with Crippen molar-refractivity contribution >= 4 is 16.8 Å². The fraction of sp³-hybridized carbons (Fsp3) is 0.167. The number of fused-ring (bicyclic) bond motifs is 8. The van der Waals surface area contributed by atoms with E-state index in [1.54, 1.807) is 14.2 Å². The van der Waals surface area contributed by atoms with Crippen LogP contribution in [-0.2, 0) is 11.2 Å². The lowest BCUT2D eigenvalue weighted by Crippen LogP contribution is -2.36. The normalized spacial score (nSPS) is 18.0. The van der Waals surface area contributed by atoms with Crippen LogP contribution >= 0.6 is 0 Å². The molecule has 0 amide bonds. The molecule has 1 atom stereocenters. The lowest BCUT2D eigenvalue weighted by atomic mass is 9.80. The average Bonchev–Trinajstić information content (AvgIpc) is 3.30. The Kier molecular flexibility index (Phi) is 5.51. The monoisotopic (exact) mass is 526 g/mol. The van der Waals surface area contributed by atoms with E-state index in [0.717, 1.165) is 49.7 Å². The van der Waals surface area contributed by atoms with Crippen molar-refractivity contribution in [3.05, 3.63) is 131 Å². The first kappa shape index (κ1) is 24.5. The maximum absolute atomic E-state index is 12.5. The second-order valence-electron chi connectivity index (χ2n) is 10.4. The highest BCUT2D eigenvalue weighted by Gasteiger charge is 2.48. The van der Waals surface area contributed by atoms with Crippen LogP contribution in [0.2, 0.25) is 0 Å². The highest BCUT2D eigenvalue weighted by Crippen LogP contribution is 2.60. The van der Waals surface area contributed by atoms with Crippen molar-refractivity contribution in [2.75, 3.05) is 14.2 Å². The Morgan fingerprint density at radius 2 is 1.32 bits per heavy atom. The van der Waals surface area contributed by atoms with Gasteiger partial charge < -0.3 is 19.3 Å². The maximum atomic E-state index is 12.5. The second-order valence-corrected chi connectivity index (χ2v) is 10.4. The summed E-state index contributed by atoms with van der Waals surface area (Å²) < 4.78 is 18.7. The van der Waals surface area contributed by atoms with Crippen LogP contribution < -0.4 is 14.2 Å². The summed E-state index contributed by atoms with van der Waals surface area (Å²) in [6, 6.07) is 32.7. The molecule has 1 N–H and O–H groups in total. The van der Waals surface area contributed by atoms with E-state index in [-0.39, 0.29) is 0 Å². The smallest absolute Gasteiger partial charge is 0.178 e. The number of hydrogen-bond donors (Lipinski definition) is 1. The minimum absolute atomic E-state index is 0.499. The van der Waals surface area contributed by atoms with Gasteiger partial charge in [-0.1, -0.05) is 91.9 Å². The van der Waals surface area contributed by atoms with Crippen molar-refractivity contribution < 1.29 is 19.3 Å². The SMILES string of the molecule is CCC1(O)c2ccccc2-c2c1c1c(c3cc(OC)c(OC)cc23)C=CC(c2ccccc2)(c2ccccc2)O1. The van der Waals surface area contributed by atoms with Crippen LogP contribution in [0.1, 0.15) is 41.2 Å². The molecule has 198 valence electrons. The fourth-order valence-electron chi connectivity index (χ4n) is 6.57. The van der Waals surface area contributed by atoms with Gasteiger partial charge in [0.15, 0.2) is 17.1 Å². The molecule has 0 bridgehead atoms. The molecule has 1 heterocycles. The summed E-state index contributed by atoms with van der Waals surface area (Å²) >= 11 is 0. The third kappa shape index (κ3) is 3.23. The van der Waals surface area contributed by atoms with Gasteiger partial charge >= 0.3 is 0 Å². The maximum Gasteiger partial charge on any atom is 0.178 e. The van der Waals surface area contributed by atoms with Gasteiger partial charge in [0.25, 0.3) is 0 Å². The first-order valence-corrected chi connectivity index (χ1v) is 13.6. The topological polar surface area (TPSA) is 47.9 Å². The molecule has 1 aliphatic carbocycles. The third-order valence-electron chi connectivity index (χ3n) is 8.53. The van der Waals surface area contributed by atoms with Gasteiger partial charge in [0.2, 0.25) is 0 Å². The summed E-state index contributed by atoms with van der Waals surface area (Å²) in [6.45, 7) is 2.03. The second kappa shape index (κ2) is 9.00. The molecule has 0 saturated carbocycles. The van der Waals surface area contributed by atoms with Gasteiger partial charge in [-0.25, -0.2) is 0 Å². The standard InChI is InChI=1S/C36H30O4/c1-4-35(37)29-18-12-11-17-26(29)32-28-22-31(39-3)30(38-2)21-27(28)25-19-20-36(40-34(25)33(32)35,23-13-7-5-8-14-23)24-15-9-6-10-16-24/h5-22,37H,4H2,1-3H3. The zero-order valence-electron chi connectivity index (χ0n) is 22.8. The molecule has 0 fully saturated rings. The molecular weight excluding hydrogens is 496 g/mol. The lowest BCUT2D eigenvalue weighted by molar-refractivity contribution is 0.0719. The van der Waals surface area contributed by atoms with Crippen molar-refractivity contribution in [3.8, 4) is 28.4 Å². The van der Waals surface area contributed by atoms with Crippen LogP contribution in [0.4, 0.5) is 0 Å². The van der Waals surface area contributed by atoms with E-state index in [9.17, 15) is 5.11 Å². The third-order valence-corrected chi connectivity index (χ3v) is 8.53. The first-order chi connectivity index (χ1) is 19.6. The van der Waals surface area contributed by atoms with E-state index in [2.05, 4.69) is 42.5 Å².